The fraction of sp³-hybridized carbons (Fsp3) is 0.600. The largest absolute Gasteiger partial charge is 0.292 e. The van der Waals surface area contributed by atoms with Crippen LogP contribution in [-0.4, -0.2) is 11.5 Å². The molecule has 0 bridgehead atoms. The van der Waals surface area contributed by atoms with Crippen molar-refractivity contribution < 1.29 is 4.79 Å². The topological polar surface area (TPSA) is 29.4 Å². The molecule has 0 heterocycles. The van der Waals surface area contributed by atoms with Gasteiger partial charge in [-0.05, 0) is 49.7 Å². The number of ketones is 1. The first-order chi connectivity index (χ1) is 10.7. The third kappa shape index (κ3) is 2.07. The molecule has 0 radical (unpaired) electrons. The van der Waals surface area contributed by atoms with Gasteiger partial charge in [0.25, 0.3) is 0 Å². The Morgan fingerprint density at radius 3 is 2.27 bits per heavy atom. The van der Waals surface area contributed by atoms with Gasteiger partial charge in [-0.1, -0.05) is 43.9 Å². The molecule has 22 heavy (non-hydrogen) atoms. The number of nitrogens with zero attached hydrogens (tertiary/aromatic N) is 1. The van der Waals surface area contributed by atoms with Gasteiger partial charge in [0.1, 0.15) is 0 Å². The molecule has 2 nitrogen and oxygen atoms in total. The molecule has 4 rings (SSSR count). The Kier molecular flexibility index (Phi) is 3.43. The fourth-order valence-corrected chi connectivity index (χ4v) is 5.29. The molecule has 0 saturated heterocycles. The summed E-state index contributed by atoms with van der Waals surface area (Å²) in [6.45, 7) is 4.20. The highest BCUT2D eigenvalue weighted by Crippen LogP contribution is 2.52. The smallest absolute Gasteiger partial charge is 0.180 e. The van der Waals surface area contributed by atoms with Crippen LogP contribution in [0, 0.1) is 37.5 Å². The van der Waals surface area contributed by atoms with Gasteiger partial charge in [-0.3, -0.25) is 4.79 Å². The van der Waals surface area contributed by atoms with Gasteiger partial charge < -0.3 is 0 Å². The van der Waals surface area contributed by atoms with E-state index in [1.54, 1.807) is 0 Å². The Morgan fingerprint density at radius 1 is 0.955 bits per heavy atom. The number of para-hydroxylation sites is 1. The number of aryl methyl sites for hydroxylation is 2. The van der Waals surface area contributed by atoms with E-state index in [1.807, 2.05) is 0 Å². The second kappa shape index (κ2) is 5.33. The molecule has 0 aromatic heterocycles. The Bertz CT molecular complexity index is 623. The monoisotopic (exact) mass is 295 g/mol. The highest BCUT2D eigenvalue weighted by atomic mass is 16.1. The van der Waals surface area contributed by atoms with E-state index in [2.05, 4.69) is 32.0 Å². The minimum atomic E-state index is 0.284. The van der Waals surface area contributed by atoms with Crippen LogP contribution in [0.4, 0.5) is 5.69 Å². The third-order valence-electron chi connectivity index (χ3n) is 6.27. The number of hydrogen-bond donors (Lipinski definition) is 0. The summed E-state index contributed by atoms with van der Waals surface area (Å²) in [7, 11) is 0. The molecule has 3 fully saturated rings. The highest BCUT2D eigenvalue weighted by Gasteiger charge is 2.52. The summed E-state index contributed by atoms with van der Waals surface area (Å²) < 4.78 is 0. The molecule has 4 atom stereocenters. The molecule has 3 aliphatic rings. The predicted molar refractivity (Wildman–Crippen MR) is 89.7 cm³/mol. The van der Waals surface area contributed by atoms with Gasteiger partial charge in [0.05, 0.1) is 11.4 Å². The van der Waals surface area contributed by atoms with Crippen LogP contribution in [0.2, 0.25) is 0 Å². The zero-order valence-corrected chi connectivity index (χ0v) is 13.6. The normalized spacial score (nSPS) is 35.7. The Morgan fingerprint density at radius 2 is 1.59 bits per heavy atom. The molecule has 0 amide bonds. The van der Waals surface area contributed by atoms with Crippen molar-refractivity contribution >= 4 is 17.2 Å². The summed E-state index contributed by atoms with van der Waals surface area (Å²) in [4.78, 5) is 17.9. The number of aliphatic imine (C=N–C) groups is 1. The summed E-state index contributed by atoms with van der Waals surface area (Å²) in [5.74, 6) is 2.50. The summed E-state index contributed by atoms with van der Waals surface area (Å²) in [5.41, 5.74) is 4.32. The molecule has 1 aromatic carbocycles. The van der Waals surface area contributed by atoms with Gasteiger partial charge in [0.2, 0.25) is 0 Å². The van der Waals surface area contributed by atoms with E-state index in [0.717, 1.165) is 23.7 Å². The Balaban J connectivity index is 1.78. The van der Waals surface area contributed by atoms with Crippen molar-refractivity contribution in [2.45, 2.75) is 52.4 Å². The van der Waals surface area contributed by atoms with Crippen molar-refractivity contribution in [1.82, 2.24) is 0 Å². The van der Waals surface area contributed by atoms with Crippen molar-refractivity contribution in [3.8, 4) is 0 Å². The van der Waals surface area contributed by atoms with Crippen LogP contribution >= 0.6 is 0 Å². The van der Waals surface area contributed by atoms with E-state index in [4.69, 9.17) is 4.99 Å². The van der Waals surface area contributed by atoms with Gasteiger partial charge in [-0.25, -0.2) is 4.99 Å². The minimum Gasteiger partial charge on any atom is -0.292 e. The standard InChI is InChI=1S/C20H25NO/c1-12-6-3-7-13(2)18(12)21-19-15-10-4-8-14-9-5-11-16(17(14)15)20(19)22/h3,6-7,14-17H,4-5,8-11H2,1-2H3. The number of rotatable bonds is 1. The molecule has 3 aliphatic carbocycles. The predicted octanol–water partition coefficient (Wildman–Crippen LogP) is 4.79. The van der Waals surface area contributed by atoms with E-state index in [1.165, 1.54) is 43.2 Å². The molecule has 1 aromatic rings. The first-order valence-corrected chi connectivity index (χ1v) is 8.86. The quantitative estimate of drug-likeness (QED) is 0.732. The van der Waals surface area contributed by atoms with Crippen molar-refractivity contribution in [2.24, 2.45) is 28.7 Å². The van der Waals surface area contributed by atoms with Crippen molar-refractivity contribution in [3.05, 3.63) is 29.3 Å². The van der Waals surface area contributed by atoms with Crippen LogP contribution in [0.5, 0.6) is 0 Å². The van der Waals surface area contributed by atoms with Gasteiger partial charge in [0, 0.05) is 11.8 Å². The number of Topliss-reactive ketones (excluding diaryl/α,β-unsaturated/α-hetero) is 1. The molecule has 0 spiro atoms. The molecular weight excluding hydrogens is 270 g/mol. The average molecular weight is 295 g/mol. The average Bonchev–Trinajstić information content (AvgIpc) is 2.79. The summed E-state index contributed by atoms with van der Waals surface area (Å²) in [5, 5.41) is 0. The molecular formula is C20H25NO. The number of carbonyl (C=O) groups excluding carboxylic acids is 1. The van der Waals surface area contributed by atoms with Crippen LogP contribution in [0.15, 0.2) is 23.2 Å². The van der Waals surface area contributed by atoms with E-state index in [9.17, 15) is 4.79 Å². The van der Waals surface area contributed by atoms with E-state index >= 15 is 0 Å². The third-order valence-corrected chi connectivity index (χ3v) is 6.27. The molecule has 116 valence electrons. The minimum absolute atomic E-state index is 0.284. The first kappa shape index (κ1) is 14.2. The van der Waals surface area contributed by atoms with E-state index < -0.39 is 0 Å². The number of benzene rings is 1. The van der Waals surface area contributed by atoms with Gasteiger partial charge in [-0.2, -0.15) is 0 Å². The zero-order chi connectivity index (χ0) is 15.3. The summed E-state index contributed by atoms with van der Waals surface area (Å²) >= 11 is 0. The van der Waals surface area contributed by atoms with Crippen LogP contribution in [0.1, 0.15) is 49.7 Å². The Labute approximate surface area is 133 Å². The molecule has 2 heteroatoms. The van der Waals surface area contributed by atoms with Gasteiger partial charge >= 0.3 is 0 Å². The number of hydrogen-bond acceptors (Lipinski definition) is 2. The van der Waals surface area contributed by atoms with E-state index in [-0.39, 0.29) is 5.92 Å². The lowest BCUT2D eigenvalue weighted by atomic mass is 9.65. The lowest BCUT2D eigenvalue weighted by Crippen LogP contribution is -2.33. The molecule has 0 aliphatic heterocycles. The number of carbonyl (C=O) groups is 1. The second-order valence-corrected chi connectivity index (χ2v) is 7.51. The molecule has 3 saturated carbocycles. The van der Waals surface area contributed by atoms with Crippen LogP contribution in [0.3, 0.4) is 0 Å². The van der Waals surface area contributed by atoms with E-state index in [0.29, 0.717) is 17.6 Å². The van der Waals surface area contributed by atoms with Crippen LogP contribution in [-0.2, 0) is 4.79 Å². The first-order valence-electron chi connectivity index (χ1n) is 8.86. The SMILES string of the molecule is Cc1cccc(C)c1N=C1C(=O)C2CCCC3CCCC1C32. The maximum Gasteiger partial charge on any atom is 0.180 e. The second-order valence-electron chi connectivity index (χ2n) is 7.51. The van der Waals surface area contributed by atoms with Crippen molar-refractivity contribution in [1.29, 1.82) is 0 Å². The highest BCUT2D eigenvalue weighted by molar-refractivity contribution is 6.44. The van der Waals surface area contributed by atoms with Crippen molar-refractivity contribution in [3.63, 3.8) is 0 Å². The fourth-order valence-electron chi connectivity index (χ4n) is 5.29. The van der Waals surface area contributed by atoms with Crippen LogP contribution < -0.4 is 0 Å². The lowest BCUT2D eigenvalue weighted by Gasteiger charge is -2.39. The lowest BCUT2D eigenvalue weighted by molar-refractivity contribution is -0.118. The maximum atomic E-state index is 13.0. The summed E-state index contributed by atoms with van der Waals surface area (Å²) in [6, 6.07) is 6.27. The van der Waals surface area contributed by atoms with Crippen LogP contribution in [0.25, 0.3) is 0 Å². The zero-order valence-electron chi connectivity index (χ0n) is 13.6. The summed E-state index contributed by atoms with van der Waals surface area (Å²) in [6.07, 6.45) is 7.46. The molecule has 4 unspecified atom stereocenters. The Hall–Kier alpha value is -1.44. The van der Waals surface area contributed by atoms with Gasteiger partial charge in [-0.15, -0.1) is 0 Å². The van der Waals surface area contributed by atoms with Gasteiger partial charge in [0.15, 0.2) is 5.78 Å². The molecule has 0 N–H and O–H groups in total. The maximum absolute atomic E-state index is 13.0. The van der Waals surface area contributed by atoms with Crippen molar-refractivity contribution in [2.75, 3.05) is 0 Å².